The van der Waals surface area contributed by atoms with Crippen LogP contribution in [0, 0.1) is 0 Å². The Hall–Kier alpha value is -1.63. The monoisotopic (exact) mass is 306 g/mol. The molecule has 2 aliphatic rings. The van der Waals surface area contributed by atoms with Crippen molar-refractivity contribution >= 4 is 11.6 Å². The molecule has 1 amide bonds. The van der Waals surface area contributed by atoms with Crippen molar-refractivity contribution in [3.63, 3.8) is 0 Å². The predicted octanol–water partition coefficient (Wildman–Crippen LogP) is 0.797. The molecule has 1 fully saturated rings. The molecule has 0 spiro atoms. The molecule has 22 heavy (non-hydrogen) atoms. The summed E-state index contributed by atoms with van der Waals surface area (Å²) < 4.78 is 10.8. The molecule has 1 saturated heterocycles. The molecule has 6 heteroatoms. The molecular weight excluding hydrogens is 284 g/mol. The van der Waals surface area contributed by atoms with Crippen molar-refractivity contribution in [2.45, 2.75) is 13.0 Å². The minimum Gasteiger partial charge on any atom is -0.482 e. The van der Waals surface area contributed by atoms with Gasteiger partial charge in [0.2, 0.25) is 0 Å². The molecule has 3 rings (SSSR count). The van der Waals surface area contributed by atoms with Crippen LogP contribution in [0.15, 0.2) is 18.2 Å². The second kappa shape index (κ2) is 6.64. The Morgan fingerprint density at radius 2 is 2.09 bits per heavy atom. The van der Waals surface area contributed by atoms with Crippen LogP contribution in [0.1, 0.15) is 18.6 Å². The van der Waals surface area contributed by atoms with Crippen molar-refractivity contribution < 1.29 is 19.4 Å². The highest BCUT2D eigenvalue weighted by atomic mass is 16.5. The van der Waals surface area contributed by atoms with E-state index in [4.69, 9.17) is 9.47 Å². The molecule has 6 nitrogen and oxygen atoms in total. The Labute approximate surface area is 130 Å². The zero-order valence-corrected chi connectivity index (χ0v) is 12.8. The molecule has 120 valence electrons. The highest BCUT2D eigenvalue weighted by Crippen LogP contribution is 2.34. The van der Waals surface area contributed by atoms with E-state index in [1.165, 1.54) is 0 Å². The van der Waals surface area contributed by atoms with Crippen LogP contribution in [0.25, 0.3) is 0 Å². The van der Waals surface area contributed by atoms with Crippen molar-refractivity contribution in [3.8, 4) is 5.75 Å². The smallest absolute Gasteiger partial charge is 0.265 e. The van der Waals surface area contributed by atoms with E-state index in [9.17, 15) is 9.90 Å². The summed E-state index contributed by atoms with van der Waals surface area (Å²) in [6.45, 7) is 6.28. The lowest BCUT2D eigenvalue weighted by molar-refractivity contribution is -0.121. The number of benzene rings is 1. The highest BCUT2D eigenvalue weighted by molar-refractivity contribution is 5.97. The molecule has 1 aromatic rings. The molecular formula is C16H22N2O4. The Morgan fingerprint density at radius 1 is 1.32 bits per heavy atom. The molecule has 1 aromatic carbocycles. The van der Waals surface area contributed by atoms with Crippen LogP contribution in [-0.2, 0) is 9.53 Å². The number of nitrogens with zero attached hydrogens (tertiary/aromatic N) is 2. The van der Waals surface area contributed by atoms with Crippen molar-refractivity contribution in [1.29, 1.82) is 0 Å². The van der Waals surface area contributed by atoms with E-state index in [1.807, 2.05) is 25.1 Å². The molecule has 0 bridgehead atoms. The van der Waals surface area contributed by atoms with Crippen LogP contribution < -0.4 is 9.64 Å². The van der Waals surface area contributed by atoms with E-state index >= 15 is 0 Å². The van der Waals surface area contributed by atoms with Gasteiger partial charge in [0, 0.05) is 26.2 Å². The Morgan fingerprint density at radius 3 is 2.82 bits per heavy atom. The standard InChI is InChI=1S/C16H22N2O4/c1-2-18-13-9-12(3-4-15(13)22-11-16(18)20)14(19)10-17-5-7-21-8-6-17/h3-4,9,14,19H,2,5-8,10-11H2,1H3. The van der Waals surface area contributed by atoms with Crippen LogP contribution in [0.4, 0.5) is 5.69 Å². The van der Waals surface area contributed by atoms with E-state index in [2.05, 4.69) is 4.90 Å². The number of likely N-dealkylation sites (N-methyl/N-ethyl adjacent to an activating group) is 1. The number of morpholine rings is 1. The van der Waals surface area contributed by atoms with Crippen LogP contribution in [0.2, 0.25) is 0 Å². The average Bonchev–Trinajstić information content (AvgIpc) is 2.55. The van der Waals surface area contributed by atoms with Gasteiger partial charge in [0.1, 0.15) is 5.75 Å². The van der Waals surface area contributed by atoms with Crippen molar-refractivity contribution in [3.05, 3.63) is 23.8 Å². The summed E-state index contributed by atoms with van der Waals surface area (Å²) in [5, 5.41) is 10.5. The minimum atomic E-state index is -0.584. The van der Waals surface area contributed by atoms with Gasteiger partial charge in [-0.3, -0.25) is 9.69 Å². The lowest BCUT2D eigenvalue weighted by Gasteiger charge is -2.31. The summed E-state index contributed by atoms with van der Waals surface area (Å²) >= 11 is 0. The van der Waals surface area contributed by atoms with Gasteiger partial charge in [0.25, 0.3) is 5.91 Å². The van der Waals surface area contributed by atoms with Gasteiger partial charge in [0.15, 0.2) is 6.61 Å². The van der Waals surface area contributed by atoms with Gasteiger partial charge in [-0.1, -0.05) is 6.07 Å². The van der Waals surface area contributed by atoms with Gasteiger partial charge < -0.3 is 19.5 Å². The van der Waals surface area contributed by atoms with E-state index in [1.54, 1.807) is 4.90 Å². The van der Waals surface area contributed by atoms with Crippen LogP contribution in [-0.4, -0.2) is 61.9 Å². The summed E-state index contributed by atoms with van der Waals surface area (Å²) in [6, 6.07) is 5.57. The van der Waals surface area contributed by atoms with Gasteiger partial charge in [-0.15, -0.1) is 0 Å². The molecule has 1 atom stereocenters. The number of hydrogen-bond acceptors (Lipinski definition) is 5. The summed E-state index contributed by atoms with van der Waals surface area (Å²) in [4.78, 5) is 15.8. The Balaban J connectivity index is 1.76. The fourth-order valence-corrected chi connectivity index (χ4v) is 2.91. The van der Waals surface area contributed by atoms with E-state index in [0.717, 1.165) is 24.3 Å². The summed E-state index contributed by atoms with van der Waals surface area (Å²) in [6.07, 6.45) is -0.584. The van der Waals surface area contributed by atoms with Gasteiger partial charge in [0.05, 0.1) is 25.0 Å². The molecule has 2 heterocycles. The third-order valence-electron chi connectivity index (χ3n) is 4.16. The van der Waals surface area contributed by atoms with E-state index < -0.39 is 6.10 Å². The number of carbonyl (C=O) groups excluding carboxylic acids is 1. The zero-order valence-electron chi connectivity index (χ0n) is 12.8. The lowest BCUT2D eigenvalue weighted by Crippen LogP contribution is -2.39. The van der Waals surface area contributed by atoms with Gasteiger partial charge in [-0.2, -0.15) is 0 Å². The Bertz CT molecular complexity index is 543. The predicted molar refractivity (Wildman–Crippen MR) is 82.2 cm³/mol. The number of anilines is 1. The lowest BCUT2D eigenvalue weighted by atomic mass is 10.1. The maximum atomic E-state index is 11.9. The Kier molecular flexibility index (Phi) is 4.61. The first-order valence-corrected chi connectivity index (χ1v) is 7.74. The third kappa shape index (κ3) is 3.09. The normalized spacial score (nSPS) is 20.5. The first kappa shape index (κ1) is 15.3. The molecule has 0 saturated carbocycles. The average molecular weight is 306 g/mol. The largest absolute Gasteiger partial charge is 0.482 e. The number of β-amino-alcohol motifs (C(OH)–C–C–N with tert-alkyl or cyclic N) is 1. The number of aliphatic hydroxyl groups is 1. The van der Waals surface area contributed by atoms with E-state index in [0.29, 0.717) is 32.1 Å². The molecule has 1 unspecified atom stereocenters. The SMILES string of the molecule is CCN1C(=O)COc2ccc(C(O)CN3CCOCC3)cc21. The summed E-state index contributed by atoms with van der Waals surface area (Å²) in [5.74, 6) is 0.651. The van der Waals surface area contributed by atoms with Crippen molar-refractivity contribution in [1.82, 2.24) is 4.90 Å². The van der Waals surface area contributed by atoms with Crippen LogP contribution >= 0.6 is 0 Å². The number of carbonyl (C=O) groups is 1. The molecule has 0 aliphatic carbocycles. The van der Waals surface area contributed by atoms with Gasteiger partial charge >= 0.3 is 0 Å². The molecule has 0 radical (unpaired) electrons. The van der Waals surface area contributed by atoms with Crippen molar-refractivity contribution in [2.24, 2.45) is 0 Å². The molecule has 1 N–H and O–H groups in total. The van der Waals surface area contributed by atoms with Crippen LogP contribution in [0.3, 0.4) is 0 Å². The van der Waals surface area contributed by atoms with Crippen LogP contribution in [0.5, 0.6) is 5.75 Å². The maximum Gasteiger partial charge on any atom is 0.265 e. The first-order chi connectivity index (χ1) is 10.7. The number of ether oxygens (including phenoxy) is 2. The fourth-order valence-electron chi connectivity index (χ4n) is 2.91. The second-order valence-electron chi connectivity index (χ2n) is 5.58. The molecule has 0 aromatic heterocycles. The van der Waals surface area contributed by atoms with Crippen molar-refractivity contribution in [2.75, 3.05) is 50.9 Å². The van der Waals surface area contributed by atoms with E-state index in [-0.39, 0.29) is 12.5 Å². The quantitative estimate of drug-likeness (QED) is 0.891. The van der Waals surface area contributed by atoms with Gasteiger partial charge in [-0.05, 0) is 24.6 Å². The number of fused-ring (bicyclic) bond motifs is 1. The van der Waals surface area contributed by atoms with Gasteiger partial charge in [-0.25, -0.2) is 0 Å². The number of aliphatic hydroxyl groups excluding tert-OH is 1. The zero-order chi connectivity index (χ0) is 15.5. The summed E-state index contributed by atoms with van der Waals surface area (Å²) in [7, 11) is 0. The number of hydrogen-bond donors (Lipinski definition) is 1. The number of rotatable bonds is 4. The topological polar surface area (TPSA) is 62.2 Å². The third-order valence-corrected chi connectivity index (χ3v) is 4.16. The number of amides is 1. The summed E-state index contributed by atoms with van der Waals surface area (Å²) in [5.41, 5.74) is 1.55. The molecule has 2 aliphatic heterocycles. The second-order valence-corrected chi connectivity index (χ2v) is 5.58. The highest BCUT2D eigenvalue weighted by Gasteiger charge is 2.25. The first-order valence-electron chi connectivity index (χ1n) is 7.74. The fraction of sp³-hybridized carbons (Fsp3) is 0.562. The minimum absolute atomic E-state index is 0.0465. The maximum absolute atomic E-state index is 11.9.